The van der Waals surface area contributed by atoms with Gasteiger partial charge in [0.05, 0.1) is 0 Å². The van der Waals surface area contributed by atoms with E-state index in [9.17, 15) is 4.79 Å². The standard InChI is InChI=1S/C16H31NO2/c1-7-16(5,6)12-8-10-13(11-9-12)17-14(18)19-15(2,3)4/h12-13H,7-11H2,1-6H3,(H,17,18). The Bertz CT molecular complexity index is 296. The number of nitrogens with one attached hydrogen (secondary N) is 1. The molecule has 0 heterocycles. The zero-order valence-corrected chi connectivity index (χ0v) is 13.5. The molecule has 1 fully saturated rings. The van der Waals surface area contributed by atoms with Gasteiger partial charge in [0, 0.05) is 6.04 Å². The molecule has 0 bridgehead atoms. The van der Waals surface area contributed by atoms with Gasteiger partial charge in [-0.25, -0.2) is 4.79 Å². The largest absolute Gasteiger partial charge is 0.444 e. The summed E-state index contributed by atoms with van der Waals surface area (Å²) < 4.78 is 5.31. The summed E-state index contributed by atoms with van der Waals surface area (Å²) in [4.78, 5) is 11.7. The Labute approximate surface area is 118 Å². The third-order valence-electron chi connectivity index (χ3n) is 4.46. The average Bonchev–Trinajstić information content (AvgIpc) is 2.27. The number of carbonyl (C=O) groups is 1. The van der Waals surface area contributed by atoms with Crippen LogP contribution in [0, 0.1) is 11.3 Å². The van der Waals surface area contributed by atoms with Gasteiger partial charge in [0.15, 0.2) is 0 Å². The molecule has 1 aliphatic carbocycles. The number of hydrogen-bond donors (Lipinski definition) is 1. The minimum absolute atomic E-state index is 0.272. The van der Waals surface area contributed by atoms with E-state index in [4.69, 9.17) is 4.74 Å². The molecule has 0 atom stereocenters. The van der Waals surface area contributed by atoms with Crippen LogP contribution in [-0.2, 0) is 4.74 Å². The van der Waals surface area contributed by atoms with Crippen LogP contribution < -0.4 is 5.32 Å². The van der Waals surface area contributed by atoms with Crippen molar-refractivity contribution in [3.05, 3.63) is 0 Å². The summed E-state index contributed by atoms with van der Waals surface area (Å²) in [6, 6.07) is 0.291. The fourth-order valence-corrected chi connectivity index (χ4v) is 2.78. The van der Waals surface area contributed by atoms with Gasteiger partial charge in [-0.1, -0.05) is 27.2 Å². The first kappa shape index (κ1) is 16.3. The summed E-state index contributed by atoms with van der Waals surface area (Å²) in [7, 11) is 0. The molecule has 1 N–H and O–H groups in total. The second-order valence-electron chi connectivity index (χ2n) is 7.54. The van der Waals surface area contributed by atoms with E-state index in [0.29, 0.717) is 11.5 Å². The van der Waals surface area contributed by atoms with Crippen molar-refractivity contribution in [3.8, 4) is 0 Å². The molecule has 0 spiro atoms. The summed E-state index contributed by atoms with van der Waals surface area (Å²) in [6.07, 6.45) is 5.52. The molecular weight excluding hydrogens is 238 g/mol. The van der Waals surface area contributed by atoms with E-state index >= 15 is 0 Å². The summed E-state index contributed by atoms with van der Waals surface area (Å²) in [6.45, 7) is 12.7. The lowest BCUT2D eigenvalue weighted by Crippen LogP contribution is -2.42. The Morgan fingerprint density at radius 1 is 1.11 bits per heavy atom. The van der Waals surface area contributed by atoms with Crippen molar-refractivity contribution in [1.82, 2.24) is 5.32 Å². The normalized spacial score (nSPS) is 24.9. The maximum Gasteiger partial charge on any atom is 0.407 e. The molecule has 1 saturated carbocycles. The van der Waals surface area contributed by atoms with Crippen LogP contribution in [0.15, 0.2) is 0 Å². The SMILES string of the molecule is CCC(C)(C)C1CCC(NC(=O)OC(C)(C)C)CC1. The highest BCUT2D eigenvalue weighted by molar-refractivity contribution is 5.68. The highest BCUT2D eigenvalue weighted by atomic mass is 16.6. The predicted octanol–water partition coefficient (Wildman–Crippen LogP) is 4.51. The van der Waals surface area contributed by atoms with E-state index in [-0.39, 0.29) is 6.09 Å². The van der Waals surface area contributed by atoms with Crippen LogP contribution in [0.25, 0.3) is 0 Å². The maximum atomic E-state index is 11.7. The Morgan fingerprint density at radius 2 is 1.63 bits per heavy atom. The summed E-state index contributed by atoms with van der Waals surface area (Å²) in [5.41, 5.74) is 0.0162. The molecule has 1 aliphatic rings. The van der Waals surface area contributed by atoms with Crippen LogP contribution in [0.1, 0.15) is 73.6 Å². The van der Waals surface area contributed by atoms with E-state index in [0.717, 1.165) is 18.8 Å². The lowest BCUT2D eigenvalue weighted by Gasteiger charge is -2.39. The molecule has 0 aromatic heterocycles. The molecule has 3 heteroatoms. The minimum Gasteiger partial charge on any atom is -0.444 e. The molecule has 3 nitrogen and oxygen atoms in total. The summed E-state index contributed by atoms with van der Waals surface area (Å²) >= 11 is 0. The van der Waals surface area contributed by atoms with E-state index in [2.05, 4.69) is 26.1 Å². The maximum absolute atomic E-state index is 11.7. The van der Waals surface area contributed by atoms with Gasteiger partial charge in [-0.2, -0.15) is 0 Å². The first-order chi connectivity index (χ1) is 8.64. The molecule has 0 radical (unpaired) electrons. The third-order valence-corrected chi connectivity index (χ3v) is 4.46. The number of alkyl carbamates (subject to hydrolysis) is 1. The van der Waals surface area contributed by atoms with Gasteiger partial charge < -0.3 is 10.1 Å². The molecule has 0 unspecified atom stereocenters. The molecule has 112 valence electrons. The molecule has 0 aliphatic heterocycles. The van der Waals surface area contributed by atoms with Crippen molar-refractivity contribution in [2.45, 2.75) is 85.3 Å². The summed E-state index contributed by atoms with van der Waals surface area (Å²) in [5.74, 6) is 0.786. The Balaban J connectivity index is 2.37. The van der Waals surface area contributed by atoms with E-state index < -0.39 is 5.60 Å². The fraction of sp³-hybridized carbons (Fsp3) is 0.938. The van der Waals surface area contributed by atoms with Gasteiger partial charge in [0.25, 0.3) is 0 Å². The van der Waals surface area contributed by atoms with Crippen molar-refractivity contribution >= 4 is 6.09 Å². The van der Waals surface area contributed by atoms with E-state index in [1.54, 1.807) is 0 Å². The first-order valence-electron chi connectivity index (χ1n) is 7.63. The van der Waals surface area contributed by atoms with Crippen molar-refractivity contribution in [2.24, 2.45) is 11.3 Å². The Morgan fingerprint density at radius 3 is 2.05 bits per heavy atom. The number of amides is 1. The molecule has 19 heavy (non-hydrogen) atoms. The molecular formula is C16H31NO2. The van der Waals surface area contributed by atoms with Gasteiger partial charge in [-0.05, 0) is 57.8 Å². The van der Waals surface area contributed by atoms with Gasteiger partial charge in [0.2, 0.25) is 0 Å². The van der Waals surface area contributed by atoms with Crippen LogP contribution in [0.3, 0.4) is 0 Å². The van der Waals surface area contributed by atoms with E-state index in [1.165, 1.54) is 19.3 Å². The monoisotopic (exact) mass is 269 g/mol. The lowest BCUT2D eigenvalue weighted by molar-refractivity contribution is 0.0471. The first-order valence-corrected chi connectivity index (χ1v) is 7.63. The molecule has 0 aromatic rings. The molecule has 1 amide bonds. The number of ether oxygens (including phenoxy) is 1. The Hall–Kier alpha value is -0.730. The second-order valence-corrected chi connectivity index (χ2v) is 7.54. The molecule has 0 saturated heterocycles. The predicted molar refractivity (Wildman–Crippen MR) is 79.2 cm³/mol. The van der Waals surface area contributed by atoms with Crippen LogP contribution in [0.5, 0.6) is 0 Å². The number of rotatable bonds is 3. The number of carbonyl (C=O) groups excluding carboxylic acids is 1. The fourth-order valence-electron chi connectivity index (χ4n) is 2.78. The topological polar surface area (TPSA) is 38.3 Å². The number of hydrogen-bond acceptors (Lipinski definition) is 2. The van der Waals surface area contributed by atoms with Gasteiger partial charge in [-0.15, -0.1) is 0 Å². The van der Waals surface area contributed by atoms with Crippen LogP contribution in [0.4, 0.5) is 4.79 Å². The zero-order valence-electron chi connectivity index (χ0n) is 13.5. The smallest absolute Gasteiger partial charge is 0.407 e. The highest BCUT2D eigenvalue weighted by Gasteiger charge is 2.32. The molecule has 0 aromatic carbocycles. The van der Waals surface area contributed by atoms with Crippen LogP contribution >= 0.6 is 0 Å². The van der Waals surface area contributed by atoms with Crippen molar-refractivity contribution in [2.75, 3.05) is 0 Å². The second kappa shape index (κ2) is 6.15. The zero-order chi connectivity index (χ0) is 14.7. The highest BCUT2D eigenvalue weighted by Crippen LogP contribution is 2.40. The molecule has 1 rings (SSSR count). The minimum atomic E-state index is -0.411. The van der Waals surface area contributed by atoms with Crippen LogP contribution in [0.2, 0.25) is 0 Å². The van der Waals surface area contributed by atoms with Gasteiger partial charge >= 0.3 is 6.09 Å². The van der Waals surface area contributed by atoms with Crippen molar-refractivity contribution in [1.29, 1.82) is 0 Å². The van der Waals surface area contributed by atoms with Gasteiger partial charge in [-0.3, -0.25) is 0 Å². The van der Waals surface area contributed by atoms with Gasteiger partial charge in [0.1, 0.15) is 5.60 Å². The van der Waals surface area contributed by atoms with E-state index in [1.807, 2.05) is 20.8 Å². The average molecular weight is 269 g/mol. The third kappa shape index (κ3) is 5.42. The summed E-state index contributed by atoms with van der Waals surface area (Å²) in [5, 5.41) is 3.00. The Kier molecular flexibility index (Phi) is 5.28. The quantitative estimate of drug-likeness (QED) is 0.819. The van der Waals surface area contributed by atoms with Crippen molar-refractivity contribution < 1.29 is 9.53 Å². The lowest BCUT2D eigenvalue weighted by atomic mass is 9.69. The van der Waals surface area contributed by atoms with Crippen LogP contribution in [-0.4, -0.2) is 17.7 Å². The van der Waals surface area contributed by atoms with Crippen molar-refractivity contribution in [3.63, 3.8) is 0 Å².